The van der Waals surface area contributed by atoms with Crippen LogP contribution in [0, 0.1) is 34.0 Å². The van der Waals surface area contributed by atoms with Gasteiger partial charge in [-0.15, -0.1) is 0 Å². The highest BCUT2D eigenvalue weighted by Crippen LogP contribution is 2.70. The van der Waals surface area contributed by atoms with Crippen LogP contribution in [0.1, 0.15) is 114 Å². The molecule has 3 saturated carbocycles. The van der Waals surface area contributed by atoms with E-state index in [2.05, 4.69) is 31.4 Å². The number of hydrogen-bond donors (Lipinski definition) is 16. The molecule has 0 radical (unpaired) electrons. The number of aliphatic hydroxyl groups excluding tert-OH is 13. The summed E-state index contributed by atoms with van der Waals surface area (Å²) >= 11 is 0. The van der Waals surface area contributed by atoms with Crippen molar-refractivity contribution in [3.63, 3.8) is 0 Å². The Morgan fingerprint density at radius 2 is 1.14 bits per heavy atom. The fourth-order valence-electron chi connectivity index (χ4n) is 17.1. The van der Waals surface area contributed by atoms with Crippen LogP contribution in [-0.2, 0) is 66.5 Å². The third-order valence-corrected chi connectivity index (χ3v) is 22.1. The monoisotopic (exact) mass is 1330 g/mol. The second kappa shape index (κ2) is 29.5. The SMILES string of the molecule is CO[C@H]1C[C@H]([C@H](C)CC(=O)C=C(C)C)[C@@]2(C)CC[C@@]3(O)C(=C12)CC[C@H]1C(C)(C)[C@@H](O[C@@H]2OC[C@@H](O[C@@H]4O[C@H](CO)[C@H](O)[C@H](O)[C@H]4NC(C)=O)[C@H](O)[C@H]2O[C@@H]2O[C@H](CO[C@@H]4O[C@H](CO)[C@@H](O)[C@H](O)[C@H]4O[C@@H]4O[C@H](CO)[C@@H](O)[C@H](O)[C@H]4O)[C@@H](O)[C@H](O)[C@H]2NC(C)=O)CC[C@@]13C. The molecule has 93 heavy (non-hydrogen) atoms. The molecule has 5 aliphatic heterocycles. The van der Waals surface area contributed by atoms with Crippen LogP contribution in [0.3, 0.4) is 0 Å². The van der Waals surface area contributed by atoms with Crippen LogP contribution in [0.4, 0.5) is 0 Å². The molecule has 30 heteroatoms. The zero-order valence-electron chi connectivity index (χ0n) is 54.5. The highest BCUT2D eigenvalue weighted by Gasteiger charge is 2.68. The lowest BCUT2D eigenvalue weighted by molar-refractivity contribution is -0.380. The Labute approximate surface area is 540 Å². The number of carbonyl (C=O) groups is 3. The van der Waals surface area contributed by atoms with Gasteiger partial charge in [0.25, 0.3) is 0 Å². The number of carbonyl (C=O) groups excluding carboxylic acids is 3. The fourth-order valence-corrected chi connectivity index (χ4v) is 17.1. The van der Waals surface area contributed by atoms with Gasteiger partial charge in [0.1, 0.15) is 116 Å². The molecule has 9 aliphatic rings. The number of rotatable bonds is 21. The molecule has 8 fully saturated rings. The highest BCUT2D eigenvalue weighted by atomic mass is 16.8. The second-order valence-corrected chi connectivity index (χ2v) is 28.6. The summed E-state index contributed by atoms with van der Waals surface area (Å²) in [6, 6.07) is -3.13. The summed E-state index contributed by atoms with van der Waals surface area (Å²) in [7, 11) is 1.70. The summed E-state index contributed by atoms with van der Waals surface area (Å²) in [5.74, 6) is -1.36. The van der Waals surface area contributed by atoms with Crippen molar-refractivity contribution in [3.05, 3.63) is 22.8 Å². The molecule has 0 unspecified atom stereocenters. The van der Waals surface area contributed by atoms with E-state index < -0.39 is 215 Å². The Morgan fingerprint density at radius 1 is 0.613 bits per heavy atom. The Kier molecular flexibility index (Phi) is 23.6. The van der Waals surface area contributed by atoms with Crippen molar-refractivity contribution in [1.29, 1.82) is 0 Å². The van der Waals surface area contributed by atoms with E-state index in [1.807, 2.05) is 27.7 Å². The topological polar surface area (TPSA) is 460 Å². The Hall–Kier alpha value is -2.91. The maximum Gasteiger partial charge on any atom is 0.217 e. The zero-order chi connectivity index (χ0) is 68.3. The van der Waals surface area contributed by atoms with E-state index in [0.29, 0.717) is 51.4 Å². The van der Waals surface area contributed by atoms with Gasteiger partial charge in [-0.2, -0.15) is 0 Å². The molecule has 5 heterocycles. The first-order valence-electron chi connectivity index (χ1n) is 32.5. The average molecular weight is 1340 g/mol. The minimum atomic E-state index is -2.00. The molecule has 9 rings (SSSR count). The number of hydrogen-bond acceptors (Lipinski definition) is 28. The highest BCUT2D eigenvalue weighted by molar-refractivity contribution is 5.90. The first-order chi connectivity index (χ1) is 43.7. The molecule has 5 saturated heterocycles. The Morgan fingerprint density at radius 3 is 1.72 bits per heavy atom. The van der Waals surface area contributed by atoms with Gasteiger partial charge in [0, 0.05) is 32.8 Å². The first-order valence-corrected chi connectivity index (χ1v) is 32.5. The number of ketones is 1. The molecule has 4 aliphatic carbocycles. The number of nitrogens with one attached hydrogen (secondary N) is 2. The van der Waals surface area contributed by atoms with E-state index in [4.69, 9.17) is 52.1 Å². The molecule has 532 valence electrons. The van der Waals surface area contributed by atoms with E-state index >= 15 is 0 Å². The Balaban J connectivity index is 1.00. The molecular weight excluding hydrogens is 1230 g/mol. The molecule has 0 bridgehead atoms. The third kappa shape index (κ3) is 14.2. The summed E-state index contributed by atoms with van der Waals surface area (Å²) in [4.78, 5) is 38.6. The number of allylic oxidation sites excluding steroid dienone is 2. The van der Waals surface area contributed by atoms with Gasteiger partial charge >= 0.3 is 0 Å². The van der Waals surface area contributed by atoms with Crippen molar-refractivity contribution in [2.24, 2.45) is 34.0 Å². The predicted molar refractivity (Wildman–Crippen MR) is 317 cm³/mol. The van der Waals surface area contributed by atoms with Gasteiger partial charge in [-0.3, -0.25) is 14.4 Å². The van der Waals surface area contributed by atoms with Gasteiger partial charge in [0.2, 0.25) is 11.8 Å². The van der Waals surface area contributed by atoms with E-state index in [1.165, 1.54) is 0 Å². The maximum absolute atomic E-state index is 13.6. The van der Waals surface area contributed by atoms with Gasteiger partial charge in [0.15, 0.2) is 37.2 Å². The van der Waals surface area contributed by atoms with Crippen LogP contribution >= 0.6 is 0 Å². The summed E-state index contributed by atoms with van der Waals surface area (Å²) in [6.45, 7) is 12.8. The van der Waals surface area contributed by atoms with Crippen molar-refractivity contribution in [2.45, 2.75) is 279 Å². The molecule has 0 aromatic heterocycles. The van der Waals surface area contributed by atoms with Gasteiger partial charge < -0.3 is 134 Å². The minimum absolute atomic E-state index is 0.0467. The van der Waals surface area contributed by atoms with Crippen molar-refractivity contribution >= 4 is 17.6 Å². The molecular formula is C63H102N2O28. The molecule has 0 aromatic carbocycles. The van der Waals surface area contributed by atoms with Gasteiger partial charge in [-0.1, -0.05) is 40.2 Å². The Bertz CT molecular complexity index is 2650. The van der Waals surface area contributed by atoms with Crippen LogP contribution in [0.25, 0.3) is 0 Å². The molecule has 2 amide bonds. The number of ether oxygens (including phenoxy) is 11. The standard InChI is InChI=1S/C63H102N2O28/c1-25(2)17-29(71)18-26(3)31-19-32(83-10)40-30-11-12-38-60(6,7)39(13-14-62(38,9)63(30,82)16-15-61(31,40)8)91-59-53(47(76)37(24-85-59)90-55-41(64-27(4)69)48(77)43(72)33(20-66)86-55)92-56-42(65-28(5)70)49(78)46(75)36(89-56)23-84-58-54(51(80)45(74)35(22-68)88-58)93-57-52(81)50(79)44(73)34(21-67)87-57/h17,26,31-39,41-59,66-68,72-82H,11-16,18-24H2,1-10H3,(H,64,69)(H,65,70)/t26-,31-,32+,33-,34-,35-,36-,37-,38+,39+,41-,42-,43+,44-,45-,46-,47+,48-,49-,50+,51+,52-,53-,54-,55+,56+,57+,58-,59+,61-,62+,63-/m1/s1. The summed E-state index contributed by atoms with van der Waals surface area (Å²) in [6.07, 6.45) is -34.1. The van der Waals surface area contributed by atoms with Crippen LogP contribution < -0.4 is 10.6 Å². The van der Waals surface area contributed by atoms with Crippen LogP contribution in [-0.4, -0.2) is 294 Å². The van der Waals surface area contributed by atoms with Crippen molar-refractivity contribution in [1.82, 2.24) is 10.6 Å². The van der Waals surface area contributed by atoms with Gasteiger partial charge in [0.05, 0.1) is 50.8 Å². The predicted octanol–water partition coefficient (Wildman–Crippen LogP) is -3.94. The zero-order valence-corrected chi connectivity index (χ0v) is 54.5. The molecule has 16 N–H and O–H groups in total. The summed E-state index contributed by atoms with van der Waals surface area (Å²) in [5, 5.41) is 161. The van der Waals surface area contributed by atoms with E-state index in [-0.39, 0.29) is 35.1 Å². The quantitative estimate of drug-likeness (QED) is 0.0296. The summed E-state index contributed by atoms with van der Waals surface area (Å²) in [5.41, 5.74) is -0.0157. The lowest BCUT2D eigenvalue weighted by Gasteiger charge is -2.65. The molecule has 32 atom stereocenters. The average Bonchev–Trinajstić information content (AvgIpc) is 1.67. The smallest absolute Gasteiger partial charge is 0.217 e. The van der Waals surface area contributed by atoms with Crippen LogP contribution in [0.5, 0.6) is 0 Å². The maximum atomic E-state index is 13.6. The van der Waals surface area contributed by atoms with Gasteiger partial charge in [-0.05, 0) is 105 Å². The summed E-state index contributed by atoms with van der Waals surface area (Å²) < 4.78 is 68.0. The normalized spacial score (nSPS) is 47.7. The van der Waals surface area contributed by atoms with E-state index in [1.54, 1.807) is 13.2 Å². The first kappa shape index (κ1) is 74.3. The van der Waals surface area contributed by atoms with E-state index in [9.17, 15) is 85.9 Å². The lowest BCUT2D eigenvalue weighted by atomic mass is 9.42. The van der Waals surface area contributed by atoms with Crippen LogP contribution in [0.15, 0.2) is 22.8 Å². The number of amides is 2. The minimum Gasteiger partial charge on any atom is -0.394 e. The second-order valence-electron chi connectivity index (χ2n) is 28.6. The molecule has 30 nitrogen and oxygen atoms in total. The third-order valence-electron chi connectivity index (χ3n) is 22.1. The number of aliphatic hydroxyl groups is 14. The number of methoxy groups -OCH3 is 1. The largest absolute Gasteiger partial charge is 0.394 e. The number of fused-ring (bicyclic) bond motifs is 4. The fraction of sp³-hybridized carbons (Fsp3) is 0.889. The van der Waals surface area contributed by atoms with E-state index in [0.717, 1.165) is 30.6 Å². The molecule has 0 spiro atoms. The van der Waals surface area contributed by atoms with Crippen molar-refractivity contribution in [2.75, 3.05) is 40.1 Å². The molecule has 0 aromatic rings. The van der Waals surface area contributed by atoms with Crippen molar-refractivity contribution < 1.29 is 138 Å². The lowest BCUT2D eigenvalue weighted by Crippen LogP contribution is -2.69. The van der Waals surface area contributed by atoms with Crippen molar-refractivity contribution in [3.8, 4) is 0 Å². The van der Waals surface area contributed by atoms with Crippen LogP contribution in [0.2, 0.25) is 0 Å². The van der Waals surface area contributed by atoms with Gasteiger partial charge in [-0.25, -0.2) is 0 Å².